The number of unbranched alkanes of at least 4 members (excludes halogenated alkanes) is 2. The normalized spacial score (nSPS) is 9.90. The monoisotopic (exact) mass is 278 g/mol. The highest BCUT2D eigenvalue weighted by atomic mass is 16.6. The molecule has 0 atom stereocenters. The van der Waals surface area contributed by atoms with Crippen LogP contribution in [0.5, 0.6) is 0 Å². The van der Waals surface area contributed by atoms with Crippen molar-refractivity contribution in [2.45, 2.75) is 39.7 Å². The number of nitrogens with one attached hydrogen (secondary N) is 1. The first-order valence-corrected chi connectivity index (χ1v) is 6.89. The molecule has 0 bridgehead atoms. The van der Waals surface area contributed by atoms with Crippen molar-refractivity contribution in [1.82, 2.24) is 10.4 Å². The lowest BCUT2D eigenvalue weighted by Gasteiger charge is -2.21. The molecule has 0 unspecified atom stereocenters. The molecule has 0 saturated carbocycles. The Hall–Kier alpha value is -2.04. The van der Waals surface area contributed by atoms with Gasteiger partial charge in [0.1, 0.15) is 6.61 Å². The van der Waals surface area contributed by atoms with Crippen LogP contribution in [0.15, 0.2) is 30.3 Å². The molecule has 110 valence electrons. The lowest BCUT2D eigenvalue weighted by Crippen LogP contribution is -2.45. The minimum absolute atomic E-state index is 0.188. The predicted octanol–water partition coefficient (Wildman–Crippen LogP) is 2.87. The van der Waals surface area contributed by atoms with E-state index in [9.17, 15) is 9.59 Å². The number of ether oxygens (including phenoxy) is 1. The molecule has 1 aromatic rings. The van der Waals surface area contributed by atoms with E-state index in [2.05, 4.69) is 12.3 Å². The summed E-state index contributed by atoms with van der Waals surface area (Å²) >= 11 is 0. The zero-order chi connectivity index (χ0) is 14.8. The third-order valence-electron chi connectivity index (χ3n) is 2.80. The summed E-state index contributed by atoms with van der Waals surface area (Å²) in [5, 5.41) is 1.29. The average Bonchev–Trinajstić information content (AvgIpc) is 2.45. The third kappa shape index (κ3) is 6.22. The van der Waals surface area contributed by atoms with Gasteiger partial charge in [0.05, 0.1) is 0 Å². The summed E-state index contributed by atoms with van der Waals surface area (Å²) in [7, 11) is 0. The van der Waals surface area contributed by atoms with Crippen LogP contribution in [0.2, 0.25) is 0 Å². The molecule has 0 aromatic heterocycles. The fourth-order valence-electron chi connectivity index (χ4n) is 1.68. The summed E-state index contributed by atoms with van der Waals surface area (Å²) in [6.45, 7) is 4.19. The first kappa shape index (κ1) is 16.0. The number of hydrazine groups is 1. The van der Waals surface area contributed by atoms with Crippen LogP contribution in [-0.2, 0) is 16.1 Å². The maximum Gasteiger partial charge on any atom is 0.426 e. The van der Waals surface area contributed by atoms with Crippen molar-refractivity contribution in [2.24, 2.45) is 0 Å². The number of nitrogens with zero attached hydrogens (tertiary/aromatic N) is 1. The molecule has 0 radical (unpaired) electrons. The number of carbonyl (C=O) groups excluding carboxylic acids is 2. The van der Waals surface area contributed by atoms with Crippen LogP contribution in [0, 0.1) is 0 Å². The molecule has 0 heterocycles. The quantitative estimate of drug-likeness (QED) is 0.643. The summed E-state index contributed by atoms with van der Waals surface area (Å²) in [5.41, 5.74) is 3.37. The van der Waals surface area contributed by atoms with Gasteiger partial charge in [-0.1, -0.05) is 50.1 Å². The van der Waals surface area contributed by atoms with E-state index >= 15 is 0 Å². The maximum atomic E-state index is 11.6. The van der Waals surface area contributed by atoms with Gasteiger partial charge < -0.3 is 4.74 Å². The van der Waals surface area contributed by atoms with Gasteiger partial charge in [-0.05, 0) is 12.0 Å². The minimum atomic E-state index is -0.611. The average molecular weight is 278 g/mol. The van der Waals surface area contributed by atoms with Gasteiger partial charge in [-0.25, -0.2) is 10.2 Å². The smallest absolute Gasteiger partial charge is 0.426 e. The Morgan fingerprint density at radius 2 is 1.90 bits per heavy atom. The molecule has 1 aromatic carbocycles. The molecule has 0 aliphatic rings. The van der Waals surface area contributed by atoms with Crippen LogP contribution in [0.25, 0.3) is 0 Å². The second-order valence-electron chi connectivity index (χ2n) is 4.55. The fourth-order valence-corrected chi connectivity index (χ4v) is 1.68. The summed E-state index contributed by atoms with van der Waals surface area (Å²) in [4.78, 5) is 23.0. The Kier molecular flexibility index (Phi) is 7.17. The molecule has 0 fully saturated rings. The molecule has 2 amide bonds. The summed E-state index contributed by atoms with van der Waals surface area (Å²) in [6, 6.07) is 9.40. The molecule has 5 heteroatoms. The highest BCUT2D eigenvalue weighted by Crippen LogP contribution is 2.01. The van der Waals surface area contributed by atoms with Gasteiger partial charge in [-0.3, -0.25) is 9.80 Å². The SMILES string of the molecule is CCCCCN(NC(=O)OCc1ccccc1)C(C)=O. The minimum Gasteiger partial charge on any atom is -0.443 e. The van der Waals surface area contributed by atoms with Gasteiger partial charge in [0.25, 0.3) is 0 Å². The molecule has 0 aliphatic heterocycles. The maximum absolute atomic E-state index is 11.6. The van der Waals surface area contributed by atoms with Crippen LogP contribution in [0.1, 0.15) is 38.7 Å². The van der Waals surface area contributed by atoms with Crippen LogP contribution in [-0.4, -0.2) is 23.6 Å². The second kappa shape index (κ2) is 8.96. The molecular weight excluding hydrogens is 256 g/mol. The molecule has 0 aliphatic carbocycles. The summed E-state index contributed by atoms with van der Waals surface area (Å²) in [6.07, 6.45) is 2.32. The topological polar surface area (TPSA) is 58.6 Å². The summed E-state index contributed by atoms with van der Waals surface area (Å²) < 4.78 is 5.07. The van der Waals surface area contributed by atoms with Crippen LogP contribution in [0.4, 0.5) is 4.79 Å². The molecular formula is C15H22N2O3. The standard InChI is InChI=1S/C15H22N2O3/c1-3-4-8-11-17(13(2)18)16-15(19)20-12-14-9-6-5-7-10-14/h5-7,9-10H,3-4,8,11-12H2,1-2H3,(H,16,19). The number of carbonyl (C=O) groups is 2. The van der Waals surface area contributed by atoms with Crippen LogP contribution < -0.4 is 5.43 Å². The molecule has 5 nitrogen and oxygen atoms in total. The Morgan fingerprint density at radius 1 is 1.20 bits per heavy atom. The van der Waals surface area contributed by atoms with E-state index in [-0.39, 0.29) is 12.5 Å². The van der Waals surface area contributed by atoms with Gasteiger partial charge in [-0.2, -0.15) is 0 Å². The molecule has 0 saturated heterocycles. The highest BCUT2D eigenvalue weighted by Gasteiger charge is 2.12. The zero-order valence-electron chi connectivity index (χ0n) is 12.1. The fraction of sp³-hybridized carbons (Fsp3) is 0.467. The van der Waals surface area contributed by atoms with Gasteiger partial charge in [0.2, 0.25) is 5.91 Å². The number of benzene rings is 1. The Labute approximate surface area is 119 Å². The number of hydrogen-bond acceptors (Lipinski definition) is 3. The van der Waals surface area contributed by atoms with E-state index in [0.29, 0.717) is 6.54 Å². The van der Waals surface area contributed by atoms with Crippen molar-refractivity contribution in [1.29, 1.82) is 0 Å². The van der Waals surface area contributed by atoms with E-state index in [0.717, 1.165) is 24.8 Å². The van der Waals surface area contributed by atoms with Crippen molar-refractivity contribution in [3.63, 3.8) is 0 Å². The Bertz CT molecular complexity index is 420. The van der Waals surface area contributed by atoms with Crippen molar-refractivity contribution in [2.75, 3.05) is 6.54 Å². The second-order valence-corrected chi connectivity index (χ2v) is 4.55. The highest BCUT2D eigenvalue weighted by molar-refractivity contribution is 5.77. The lowest BCUT2D eigenvalue weighted by atomic mass is 10.2. The van der Waals surface area contributed by atoms with Crippen LogP contribution >= 0.6 is 0 Å². The third-order valence-corrected chi connectivity index (χ3v) is 2.80. The molecule has 20 heavy (non-hydrogen) atoms. The molecule has 1 rings (SSSR count). The van der Waals surface area contributed by atoms with Crippen molar-refractivity contribution in [3.8, 4) is 0 Å². The molecule has 1 N–H and O–H groups in total. The van der Waals surface area contributed by atoms with Gasteiger partial charge in [-0.15, -0.1) is 0 Å². The lowest BCUT2D eigenvalue weighted by molar-refractivity contribution is -0.131. The van der Waals surface area contributed by atoms with E-state index in [1.807, 2.05) is 30.3 Å². The van der Waals surface area contributed by atoms with Gasteiger partial charge in [0, 0.05) is 13.5 Å². The van der Waals surface area contributed by atoms with E-state index in [1.54, 1.807) is 0 Å². The first-order valence-electron chi connectivity index (χ1n) is 6.89. The van der Waals surface area contributed by atoms with Crippen LogP contribution in [0.3, 0.4) is 0 Å². The van der Waals surface area contributed by atoms with Gasteiger partial charge >= 0.3 is 6.09 Å². The largest absolute Gasteiger partial charge is 0.443 e. The van der Waals surface area contributed by atoms with Gasteiger partial charge in [0.15, 0.2) is 0 Å². The summed E-state index contributed by atoms with van der Waals surface area (Å²) in [5.74, 6) is -0.197. The first-order chi connectivity index (χ1) is 9.63. The number of amides is 2. The molecule has 0 spiro atoms. The predicted molar refractivity (Wildman–Crippen MR) is 76.7 cm³/mol. The zero-order valence-corrected chi connectivity index (χ0v) is 12.1. The van der Waals surface area contributed by atoms with Crippen molar-refractivity contribution < 1.29 is 14.3 Å². The Morgan fingerprint density at radius 3 is 2.50 bits per heavy atom. The number of rotatable bonds is 6. The van der Waals surface area contributed by atoms with E-state index < -0.39 is 6.09 Å². The Balaban J connectivity index is 2.36. The van der Waals surface area contributed by atoms with E-state index in [4.69, 9.17) is 4.74 Å². The van der Waals surface area contributed by atoms with Crippen molar-refractivity contribution >= 4 is 12.0 Å². The van der Waals surface area contributed by atoms with E-state index in [1.165, 1.54) is 11.9 Å². The number of hydrogen-bond donors (Lipinski definition) is 1. The van der Waals surface area contributed by atoms with Crippen molar-refractivity contribution in [3.05, 3.63) is 35.9 Å².